The molecule has 3 rings (SSSR count). The van der Waals surface area contributed by atoms with Crippen LogP contribution in [0, 0.1) is 0 Å². The van der Waals surface area contributed by atoms with Crippen molar-refractivity contribution in [2.75, 3.05) is 18.4 Å². The number of nitrogens with one attached hydrogen (secondary N) is 2. The van der Waals surface area contributed by atoms with Gasteiger partial charge in [-0.1, -0.05) is 30.3 Å². The number of hydrogen-bond donors (Lipinski definition) is 2. The summed E-state index contributed by atoms with van der Waals surface area (Å²) in [4.78, 5) is 26.2. The number of likely N-dealkylation sites (tertiary alicyclic amines) is 1. The molecular formula is C20H21N3O2S. The molecule has 0 bridgehead atoms. The van der Waals surface area contributed by atoms with Gasteiger partial charge in [0.1, 0.15) is 0 Å². The Bertz CT molecular complexity index is 784. The van der Waals surface area contributed by atoms with Crippen molar-refractivity contribution in [3.8, 4) is 0 Å². The maximum Gasteiger partial charge on any atom is 0.253 e. The fourth-order valence-electron chi connectivity index (χ4n) is 2.91. The first-order valence-electron chi connectivity index (χ1n) is 8.66. The number of anilines is 1. The Morgan fingerprint density at radius 1 is 0.962 bits per heavy atom. The Balaban J connectivity index is 1.51. The highest BCUT2D eigenvalue weighted by molar-refractivity contribution is 7.80. The van der Waals surface area contributed by atoms with E-state index in [1.807, 2.05) is 35.2 Å². The number of thiocarbonyl (C=S) groups is 1. The molecular weight excluding hydrogens is 346 g/mol. The summed E-state index contributed by atoms with van der Waals surface area (Å²) in [6.45, 7) is 1.66. The third kappa shape index (κ3) is 4.89. The maximum atomic E-state index is 12.3. The van der Waals surface area contributed by atoms with Crippen LogP contribution in [0.3, 0.4) is 0 Å². The molecule has 2 aromatic rings. The smallest absolute Gasteiger partial charge is 0.253 e. The van der Waals surface area contributed by atoms with Gasteiger partial charge in [0.25, 0.3) is 5.91 Å². The van der Waals surface area contributed by atoms with Crippen LogP contribution in [0.4, 0.5) is 5.69 Å². The predicted molar refractivity (Wildman–Crippen MR) is 106 cm³/mol. The second kappa shape index (κ2) is 8.58. The summed E-state index contributed by atoms with van der Waals surface area (Å²) in [6, 6.07) is 16.6. The Kier molecular flexibility index (Phi) is 5.96. The van der Waals surface area contributed by atoms with Crippen molar-refractivity contribution in [3.63, 3.8) is 0 Å². The summed E-state index contributed by atoms with van der Waals surface area (Å²) >= 11 is 5.18. The van der Waals surface area contributed by atoms with E-state index in [9.17, 15) is 9.59 Å². The fraction of sp³-hybridized carbons (Fsp3) is 0.250. The maximum absolute atomic E-state index is 12.3. The number of nitrogens with zero attached hydrogens (tertiary/aromatic N) is 1. The highest BCUT2D eigenvalue weighted by Crippen LogP contribution is 2.15. The summed E-state index contributed by atoms with van der Waals surface area (Å²) in [7, 11) is 0. The van der Waals surface area contributed by atoms with Gasteiger partial charge in [-0.05, 0) is 54.9 Å². The van der Waals surface area contributed by atoms with Gasteiger partial charge in [0, 0.05) is 24.3 Å². The molecule has 2 aromatic carbocycles. The van der Waals surface area contributed by atoms with Crippen molar-refractivity contribution >= 4 is 34.8 Å². The lowest BCUT2D eigenvalue weighted by atomic mass is 10.1. The van der Waals surface area contributed by atoms with Crippen molar-refractivity contribution in [1.29, 1.82) is 0 Å². The minimum Gasteiger partial charge on any atom is -0.339 e. The lowest BCUT2D eigenvalue weighted by Crippen LogP contribution is -2.35. The van der Waals surface area contributed by atoms with Crippen LogP contribution in [0.2, 0.25) is 0 Å². The summed E-state index contributed by atoms with van der Waals surface area (Å²) in [5.41, 5.74) is 2.32. The molecule has 0 spiro atoms. The molecule has 0 unspecified atom stereocenters. The second-order valence-electron chi connectivity index (χ2n) is 6.24. The molecule has 5 nitrogen and oxygen atoms in total. The first-order chi connectivity index (χ1) is 12.6. The van der Waals surface area contributed by atoms with Crippen molar-refractivity contribution in [3.05, 3.63) is 65.7 Å². The number of carbonyl (C=O) groups is 2. The van der Waals surface area contributed by atoms with Gasteiger partial charge in [0.05, 0.1) is 6.42 Å². The van der Waals surface area contributed by atoms with Crippen molar-refractivity contribution in [2.24, 2.45) is 0 Å². The molecule has 1 heterocycles. The molecule has 0 saturated carbocycles. The molecule has 1 saturated heterocycles. The molecule has 0 aromatic heterocycles. The van der Waals surface area contributed by atoms with Gasteiger partial charge in [-0.25, -0.2) is 0 Å². The van der Waals surface area contributed by atoms with E-state index < -0.39 is 0 Å². The zero-order chi connectivity index (χ0) is 18.4. The van der Waals surface area contributed by atoms with Gasteiger partial charge < -0.3 is 15.5 Å². The van der Waals surface area contributed by atoms with Gasteiger partial charge >= 0.3 is 0 Å². The molecule has 0 atom stereocenters. The lowest BCUT2D eigenvalue weighted by Gasteiger charge is -2.15. The molecule has 0 radical (unpaired) electrons. The number of rotatable bonds is 4. The van der Waals surface area contributed by atoms with Crippen molar-refractivity contribution < 1.29 is 9.59 Å². The topological polar surface area (TPSA) is 61.4 Å². The molecule has 6 heteroatoms. The minimum atomic E-state index is -0.172. The average molecular weight is 367 g/mol. The van der Waals surface area contributed by atoms with Gasteiger partial charge in [0.15, 0.2) is 5.11 Å². The molecule has 26 heavy (non-hydrogen) atoms. The summed E-state index contributed by atoms with van der Waals surface area (Å²) in [6.07, 6.45) is 2.41. The van der Waals surface area contributed by atoms with Crippen LogP contribution in [-0.4, -0.2) is 34.9 Å². The minimum absolute atomic E-state index is 0.0628. The van der Waals surface area contributed by atoms with Gasteiger partial charge in [-0.3, -0.25) is 9.59 Å². The standard InChI is InChI=1S/C20H21N3O2S/c24-18(14-15-6-2-1-3-7-15)22-20(26)21-17-10-8-16(9-11-17)19(25)23-12-4-5-13-23/h1-3,6-11H,4-5,12-14H2,(H2,21,22,24,26). The van der Waals surface area contributed by atoms with Crippen LogP contribution in [0.15, 0.2) is 54.6 Å². The Hall–Kier alpha value is -2.73. The summed E-state index contributed by atoms with van der Waals surface area (Å²) in [5.74, 6) is -0.109. The third-order valence-corrected chi connectivity index (χ3v) is 4.45. The van der Waals surface area contributed by atoms with E-state index in [4.69, 9.17) is 12.2 Å². The highest BCUT2D eigenvalue weighted by atomic mass is 32.1. The van der Waals surface area contributed by atoms with Crippen molar-refractivity contribution in [2.45, 2.75) is 19.3 Å². The first kappa shape index (κ1) is 18.1. The Morgan fingerprint density at radius 2 is 1.62 bits per heavy atom. The molecule has 2 N–H and O–H groups in total. The quantitative estimate of drug-likeness (QED) is 0.816. The SMILES string of the molecule is O=C(Cc1ccccc1)NC(=S)Nc1ccc(C(=O)N2CCCC2)cc1. The zero-order valence-corrected chi connectivity index (χ0v) is 15.2. The fourth-order valence-corrected chi connectivity index (χ4v) is 3.15. The number of carbonyl (C=O) groups excluding carboxylic acids is 2. The third-order valence-electron chi connectivity index (χ3n) is 4.24. The van der Waals surface area contributed by atoms with Crippen LogP contribution < -0.4 is 10.6 Å². The van der Waals surface area contributed by atoms with E-state index in [2.05, 4.69) is 10.6 Å². The molecule has 2 amide bonds. The monoisotopic (exact) mass is 367 g/mol. The van der Waals surface area contributed by atoms with Crippen LogP contribution in [0.1, 0.15) is 28.8 Å². The van der Waals surface area contributed by atoms with E-state index in [0.717, 1.165) is 37.2 Å². The predicted octanol–water partition coefficient (Wildman–Crippen LogP) is 2.98. The van der Waals surface area contributed by atoms with E-state index >= 15 is 0 Å². The first-order valence-corrected chi connectivity index (χ1v) is 9.07. The molecule has 1 aliphatic rings. The lowest BCUT2D eigenvalue weighted by molar-refractivity contribution is -0.119. The van der Waals surface area contributed by atoms with Gasteiger partial charge in [-0.15, -0.1) is 0 Å². The van der Waals surface area contributed by atoms with Gasteiger partial charge in [0.2, 0.25) is 5.91 Å². The van der Waals surface area contributed by atoms with Crippen molar-refractivity contribution in [1.82, 2.24) is 10.2 Å². The van der Waals surface area contributed by atoms with E-state index in [1.165, 1.54) is 0 Å². The van der Waals surface area contributed by atoms with E-state index in [1.54, 1.807) is 24.3 Å². The van der Waals surface area contributed by atoms with Crippen LogP contribution in [-0.2, 0) is 11.2 Å². The van der Waals surface area contributed by atoms with Crippen LogP contribution in [0.5, 0.6) is 0 Å². The zero-order valence-electron chi connectivity index (χ0n) is 14.4. The van der Waals surface area contributed by atoms with Gasteiger partial charge in [-0.2, -0.15) is 0 Å². The molecule has 134 valence electrons. The average Bonchev–Trinajstić information content (AvgIpc) is 3.17. The normalized spacial score (nSPS) is 13.3. The molecule has 0 aliphatic carbocycles. The summed E-state index contributed by atoms with van der Waals surface area (Å²) in [5, 5.41) is 5.87. The number of benzene rings is 2. The molecule has 1 aliphatic heterocycles. The Labute approximate surface area is 158 Å². The van der Waals surface area contributed by atoms with E-state index in [0.29, 0.717) is 5.56 Å². The summed E-state index contributed by atoms with van der Waals surface area (Å²) < 4.78 is 0. The second-order valence-corrected chi connectivity index (χ2v) is 6.65. The van der Waals surface area contributed by atoms with Crippen LogP contribution in [0.25, 0.3) is 0 Å². The Morgan fingerprint density at radius 3 is 2.27 bits per heavy atom. The highest BCUT2D eigenvalue weighted by Gasteiger charge is 2.19. The largest absolute Gasteiger partial charge is 0.339 e. The number of hydrogen-bond acceptors (Lipinski definition) is 3. The molecule has 1 fully saturated rings. The number of amides is 2. The van der Waals surface area contributed by atoms with E-state index in [-0.39, 0.29) is 23.3 Å². The van der Waals surface area contributed by atoms with Crippen LogP contribution >= 0.6 is 12.2 Å².